The summed E-state index contributed by atoms with van der Waals surface area (Å²) in [6.45, 7) is 18.1. The number of hydrogen-bond donors (Lipinski definition) is 8. The Hall–Kier alpha value is -1.23. The molecule has 0 radical (unpaired) electrons. The van der Waals surface area contributed by atoms with Crippen LogP contribution in [0.2, 0.25) is 0 Å². The molecule has 5 unspecified atom stereocenters. The molecule has 7 rings (SSSR count). The van der Waals surface area contributed by atoms with Crippen LogP contribution >= 0.6 is 0 Å². The van der Waals surface area contributed by atoms with Crippen LogP contribution in [0, 0.1) is 50.2 Å². The predicted octanol–water partition coefficient (Wildman–Crippen LogP) is 2.88. The van der Waals surface area contributed by atoms with E-state index in [-0.39, 0.29) is 39.1 Å². The zero-order valence-corrected chi connectivity index (χ0v) is 33.9. The maximum atomic E-state index is 12.2. The lowest BCUT2D eigenvalue weighted by Crippen LogP contribution is -2.67. The molecular formula is C42H68O13. The Bertz CT molecular complexity index is 1500. The normalized spacial score (nSPS) is 54.5. The van der Waals surface area contributed by atoms with Crippen molar-refractivity contribution in [1.29, 1.82) is 0 Å². The van der Waals surface area contributed by atoms with E-state index < -0.39 is 85.5 Å². The van der Waals surface area contributed by atoms with Gasteiger partial charge in [0.1, 0.15) is 42.7 Å². The maximum Gasteiger partial charge on any atom is 0.335 e. The third kappa shape index (κ3) is 6.23. The lowest BCUT2D eigenvalue weighted by Gasteiger charge is -2.71. The summed E-state index contributed by atoms with van der Waals surface area (Å²) in [6.07, 6.45) is -6.63. The van der Waals surface area contributed by atoms with Crippen LogP contribution in [0.5, 0.6) is 0 Å². The molecule has 0 amide bonds. The van der Waals surface area contributed by atoms with Gasteiger partial charge in [0.2, 0.25) is 0 Å². The number of rotatable bonds is 6. The molecule has 5 aliphatic carbocycles. The predicted molar refractivity (Wildman–Crippen MR) is 198 cm³/mol. The summed E-state index contributed by atoms with van der Waals surface area (Å²) < 4.78 is 24.0. The molecule has 7 aliphatic rings. The van der Waals surface area contributed by atoms with Crippen molar-refractivity contribution in [3.63, 3.8) is 0 Å². The number of ether oxygens (including phenoxy) is 4. The van der Waals surface area contributed by atoms with Crippen molar-refractivity contribution in [2.45, 2.75) is 187 Å². The highest BCUT2D eigenvalue weighted by Crippen LogP contribution is 2.76. The molecule has 8 N–H and O–H groups in total. The molecule has 55 heavy (non-hydrogen) atoms. The average molecular weight is 781 g/mol. The summed E-state index contributed by atoms with van der Waals surface area (Å²) in [5.74, 6) is -0.522. The first-order valence-electron chi connectivity index (χ1n) is 20.7. The van der Waals surface area contributed by atoms with Crippen LogP contribution in [0.1, 0.15) is 113 Å². The number of carboxylic acids is 1. The van der Waals surface area contributed by atoms with E-state index >= 15 is 0 Å². The van der Waals surface area contributed by atoms with Crippen LogP contribution in [0.15, 0.2) is 11.6 Å². The molecule has 13 nitrogen and oxygen atoms in total. The molecule has 13 heteroatoms. The minimum absolute atomic E-state index is 0.00638. The number of hydrogen-bond acceptors (Lipinski definition) is 12. The standard InChI is InChI=1S/C42H68O13/c1-37(2)17-21-20-9-10-24-40(6)13-12-26(38(3,4)23(40)11-14-42(24,8)41(20,7)16-15-39(21,5)25(44)18-37)53-36-33(30(48)29(47)32(54-36)34(50)51)55-35-31(49)28(46)27(45)22(19-43)52-35/h9,21-33,35-36,43-49H,10-19H2,1-8H3,(H,50,51)/t21?,22-,23?,24?,25-,26+,27-,28+,29+,30+,31-,32+,33-,35?,36?,39-,40+,41-,42-/m1/s1. The molecule has 19 atom stereocenters. The second kappa shape index (κ2) is 13.9. The third-order valence-corrected chi connectivity index (χ3v) is 17.3. The first-order chi connectivity index (χ1) is 25.5. The monoisotopic (exact) mass is 780 g/mol. The average Bonchev–Trinajstić information content (AvgIpc) is 3.10. The summed E-state index contributed by atoms with van der Waals surface area (Å²) in [6, 6.07) is 0. The van der Waals surface area contributed by atoms with Crippen LogP contribution in [0.3, 0.4) is 0 Å². The lowest BCUT2D eigenvalue weighted by atomic mass is 9.33. The third-order valence-electron chi connectivity index (χ3n) is 17.3. The Morgan fingerprint density at radius 1 is 0.745 bits per heavy atom. The van der Waals surface area contributed by atoms with Gasteiger partial charge in [-0.3, -0.25) is 0 Å². The SMILES string of the molecule is CC1(C)CC2C3=CCC4[C@@]5(C)CC[C@H](OC6O[C@H](C(=O)O)[C@@H](O)[C@H](O)[C@H]6OC6O[C@H](CO)[C@@H](O)[C@H](O)[C@H]6O)C(C)(C)C5CC[C@@]4(C)[C@]3(C)CC[C@@]2(C)[C@H](O)C1. The molecular weight excluding hydrogens is 712 g/mol. The Morgan fingerprint density at radius 2 is 1.44 bits per heavy atom. The lowest BCUT2D eigenvalue weighted by molar-refractivity contribution is -0.374. The molecule has 2 aliphatic heterocycles. The van der Waals surface area contributed by atoms with Crippen LogP contribution in [0.25, 0.3) is 0 Å². The quantitative estimate of drug-likeness (QED) is 0.144. The van der Waals surface area contributed by atoms with Crippen molar-refractivity contribution < 1.29 is 64.6 Å². The molecule has 0 bridgehead atoms. The maximum absolute atomic E-state index is 12.2. The fourth-order valence-corrected chi connectivity index (χ4v) is 13.7. The molecule has 6 fully saturated rings. The summed E-state index contributed by atoms with van der Waals surface area (Å²) in [4.78, 5) is 12.2. The van der Waals surface area contributed by atoms with Gasteiger partial charge in [0, 0.05) is 5.41 Å². The zero-order chi connectivity index (χ0) is 40.4. The summed E-state index contributed by atoms with van der Waals surface area (Å²) in [5, 5.41) is 84.6. The van der Waals surface area contributed by atoms with Gasteiger partial charge >= 0.3 is 5.97 Å². The van der Waals surface area contributed by atoms with Crippen LogP contribution in [-0.4, -0.2) is 127 Å². The number of aliphatic hydroxyl groups is 7. The van der Waals surface area contributed by atoms with Crippen molar-refractivity contribution in [3.05, 3.63) is 11.6 Å². The number of fused-ring (bicyclic) bond motifs is 7. The van der Waals surface area contributed by atoms with Gasteiger partial charge in [-0.2, -0.15) is 0 Å². The van der Waals surface area contributed by atoms with Crippen LogP contribution in [0.4, 0.5) is 0 Å². The molecule has 4 saturated carbocycles. The number of aliphatic hydroxyl groups excluding tert-OH is 7. The Labute approximate surface area is 325 Å². The fourth-order valence-electron chi connectivity index (χ4n) is 13.7. The van der Waals surface area contributed by atoms with Crippen molar-refractivity contribution in [3.8, 4) is 0 Å². The van der Waals surface area contributed by atoms with E-state index in [0.29, 0.717) is 18.3 Å². The summed E-state index contributed by atoms with van der Waals surface area (Å²) >= 11 is 0. The van der Waals surface area contributed by atoms with E-state index in [0.717, 1.165) is 51.4 Å². The van der Waals surface area contributed by atoms with Crippen LogP contribution in [-0.2, 0) is 23.7 Å². The van der Waals surface area contributed by atoms with Crippen molar-refractivity contribution in [2.75, 3.05) is 6.61 Å². The minimum atomic E-state index is -1.92. The number of carbonyl (C=O) groups is 1. The van der Waals surface area contributed by atoms with E-state index in [9.17, 15) is 45.6 Å². The molecule has 0 aromatic rings. The largest absolute Gasteiger partial charge is 0.479 e. The van der Waals surface area contributed by atoms with E-state index in [2.05, 4.69) is 61.5 Å². The van der Waals surface area contributed by atoms with Crippen LogP contribution < -0.4 is 0 Å². The van der Waals surface area contributed by atoms with Gasteiger partial charge in [-0.15, -0.1) is 0 Å². The van der Waals surface area contributed by atoms with Gasteiger partial charge in [-0.05, 0) is 103 Å². The smallest absolute Gasteiger partial charge is 0.335 e. The van der Waals surface area contributed by atoms with Gasteiger partial charge in [0.25, 0.3) is 0 Å². The van der Waals surface area contributed by atoms with E-state index in [1.807, 2.05) is 0 Å². The molecule has 0 aromatic heterocycles. The second-order valence-electron chi connectivity index (χ2n) is 21.0. The Balaban J connectivity index is 1.15. The van der Waals surface area contributed by atoms with Gasteiger partial charge in [-0.1, -0.05) is 67.0 Å². The van der Waals surface area contributed by atoms with Gasteiger partial charge in [0.05, 0.1) is 18.8 Å². The number of aliphatic carboxylic acids is 1. The highest BCUT2D eigenvalue weighted by molar-refractivity contribution is 5.73. The highest BCUT2D eigenvalue weighted by atomic mass is 16.8. The molecule has 2 saturated heterocycles. The Morgan fingerprint density at radius 3 is 2.09 bits per heavy atom. The summed E-state index contributed by atoms with van der Waals surface area (Å²) in [7, 11) is 0. The zero-order valence-electron chi connectivity index (χ0n) is 33.9. The molecule has 2 heterocycles. The first-order valence-corrected chi connectivity index (χ1v) is 20.7. The van der Waals surface area contributed by atoms with E-state index in [1.165, 1.54) is 0 Å². The molecule has 314 valence electrons. The van der Waals surface area contributed by atoms with Crippen molar-refractivity contribution >= 4 is 5.97 Å². The highest BCUT2D eigenvalue weighted by Gasteiger charge is 2.69. The number of carboxylic acid groups (broad SMARTS) is 1. The van der Waals surface area contributed by atoms with E-state index in [1.54, 1.807) is 5.57 Å². The fraction of sp³-hybridized carbons (Fsp3) is 0.929. The first kappa shape index (κ1) is 41.9. The van der Waals surface area contributed by atoms with Gasteiger partial charge in [0.15, 0.2) is 18.7 Å². The van der Waals surface area contributed by atoms with Gasteiger partial charge in [-0.25, -0.2) is 4.79 Å². The topological polar surface area (TPSA) is 216 Å². The van der Waals surface area contributed by atoms with Crippen molar-refractivity contribution in [2.24, 2.45) is 50.2 Å². The second-order valence-corrected chi connectivity index (χ2v) is 21.0. The Kier molecular flexibility index (Phi) is 10.6. The minimum Gasteiger partial charge on any atom is -0.479 e. The van der Waals surface area contributed by atoms with Crippen molar-refractivity contribution in [1.82, 2.24) is 0 Å². The van der Waals surface area contributed by atoms with E-state index in [4.69, 9.17) is 18.9 Å². The molecule has 0 spiro atoms. The number of allylic oxidation sites excluding steroid dienone is 2. The molecule has 0 aromatic carbocycles. The summed E-state index contributed by atoms with van der Waals surface area (Å²) in [5.41, 5.74) is 1.09. The van der Waals surface area contributed by atoms with Gasteiger partial charge < -0.3 is 59.8 Å².